The Kier molecular flexibility index (Phi) is 3.92. The van der Waals surface area contributed by atoms with Gasteiger partial charge in [0.1, 0.15) is 12.4 Å². The third-order valence-electron chi connectivity index (χ3n) is 1.78. The Morgan fingerprint density at radius 2 is 2.12 bits per heavy atom. The van der Waals surface area contributed by atoms with Crippen LogP contribution >= 0.6 is 0 Å². The maximum atomic E-state index is 12.1. The predicted molar refractivity (Wildman–Crippen MR) is 55.5 cm³/mol. The summed E-state index contributed by atoms with van der Waals surface area (Å²) in [7, 11) is 1.34. The molecule has 0 aliphatic carbocycles. The minimum absolute atomic E-state index is 0.239. The maximum Gasteiger partial charge on any atom is 0.405 e. The van der Waals surface area contributed by atoms with Gasteiger partial charge in [0.05, 0.1) is 0 Å². The van der Waals surface area contributed by atoms with Gasteiger partial charge in [0.25, 0.3) is 0 Å². The van der Waals surface area contributed by atoms with E-state index < -0.39 is 12.7 Å². The number of alkyl halides is 3. The molecule has 16 heavy (non-hydrogen) atoms. The highest BCUT2D eigenvalue weighted by molar-refractivity contribution is 5.41. The van der Waals surface area contributed by atoms with Crippen molar-refractivity contribution in [3.05, 3.63) is 12.3 Å². The zero-order chi connectivity index (χ0) is 12.2. The molecule has 1 aromatic rings. The normalized spacial score (nSPS) is 11.3. The van der Waals surface area contributed by atoms with E-state index in [1.165, 1.54) is 19.3 Å². The largest absolute Gasteiger partial charge is 0.405 e. The summed E-state index contributed by atoms with van der Waals surface area (Å²) in [5.41, 5.74) is 0. The Bertz CT molecular complexity index is 340. The van der Waals surface area contributed by atoms with Crippen LogP contribution in [-0.2, 0) is 0 Å². The highest BCUT2D eigenvalue weighted by atomic mass is 19.4. The van der Waals surface area contributed by atoms with E-state index in [1.54, 1.807) is 0 Å². The van der Waals surface area contributed by atoms with Crippen LogP contribution in [0.3, 0.4) is 0 Å². The van der Waals surface area contributed by atoms with Gasteiger partial charge in [-0.2, -0.15) is 18.2 Å². The fourth-order valence-electron chi connectivity index (χ4n) is 1.15. The van der Waals surface area contributed by atoms with E-state index in [1.807, 2.05) is 6.92 Å². The van der Waals surface area contributed by atoms with Crippen molar-refractivity contribution >= 4 is 11.8 Å². The first kappa shape index (κ1) is 12.5. The molecule has 4 nitrogen and oxygen atoms in total. The summed E-state index contributed by atoms with van der Waals surface area (Å²) in [5.74, 6) is 0.567. The first-order valence-electron chi connectivity index (χ1n) is 4.77. The van der Waals surface area contributed by atoms with E-state index in [2.05, 4.69) is 15.3 Å². The summed E-state index contributed by atoms with van der Waals surface area (Å²) in [6.07, 6.45) is -2.81. The Labute approximate surface area is 91.5 Å². The van der Waals surface area contributed by atoms with Gasteiger partial charge in [-0.3, -0.25) is 0 Å². The fourth-order valence-corrected chi connectivity index (χ4v) is 1.15. The standard InChI is InChI=1S/C9H13F3N4/c1-3-13-8-14-5-4-7(15-8)16(2)6-9(10,11)12/h4-5H,3,6H2,1-2H3,(H,13,14,15). The summed E-state index contributed by atoms with van der Waals surface area (Å²) in [5, 5.41) is 2.84. The van der Waals surface area contributed by atoms with Crippen molar-refractivity contribution in [3.8, 4) is 0 Å². The van der Waals surface area contributed by atoms with Crippen molar-refractivity contribution in [1.29, 1.82) is 0 Å². The van der Waals surface area contributed by atoms with Crippen molar-refractivity contribution < 1.29 is 13.2 Å². The van der Waals surface area contributed by atoms with Gasteiger partial charge in [-0.1, -0.05) is 0 Å². The Morgan fingerprint density at radius 3 is 2.69 bits per heavy atom. The average molecular weight is 234 g/mol. The van der Waals surface area contributed by atoms with Crippen molar-refractivity contribution in [1.82, 2.24) is 9.97 Å². The van der Waals surface area contributed by atoms with E-state index in [4.69, 9.17) is 0 Å². The SMILES string of the molecule is CCNc1nccc(N(C)CC(F)(F)F)n1. The molecule has 0 aromatic carbocycles. The van der Waals surface area contributed by atoms with E-state index in [0.29, 0.717) is 12.5 Å². The van der Waals surface area contributed by atoms with Crippen LogP contribution in [-0.4, -0.2) is 36.3 Å². The first-order valence-corrected chi connectivity index (χ1v) is 4.77. The minimum atomic E-state index is -4.24. The van der Waals surface area contributed by atoms with E-state index >= 15 is 0 Å². The number of halogens is 3. The zero-order valence-electron chi connectivity index (χ0n) is 9.04. The summed E-state index contributed by atoms with van der Waals surface area (Å²) in [4.78, 5) is 8.86. The molecular formula is C9H13F3N4. The van der Waals surface area contributed by atoms with Crippen LogP contribution in [0.1, 0.15) is 6.92 Å². The molecule has 0 saturated heterocycles. The lowest BCUT2D eigenvalue weighted by Crippen LogP contribution is -2.31. The van der Waals surface area contributed by atoms with Gasteiger partial charge in [0, 0.05) is 19.8 Å². The molecule has 1 rings (SSSR count). The summed E-state index contributed by atoms with van der Waals surface area (Å²) in [6, 6.07) is 1.44. The molecule has 0 radical (unpaired) electrons. The number of hydrogen-bond acceptors (Lipinski definition) is 4. The molecule has 0 amide bonds. The van der Waals surface area contributed by atoms with Crippen LogP contribution in [0.2, 0.25) is 0 Å². The molecule has 0 saturated carbocycles. The van der Waals surface area contributed by atoms with E-state index in [-0.39, 0.29) is 5.82 Å². The molecule has 0 aliphatic heterocycles. The highest BCUT2D eigenvalue weighted by Crippen LogP contribution is 2.19. The Morgan fingerprint density at radius 1 is 1.44 bits per heavy atom. The van der Waals surface area contributed by atoms with Crippen molar-refractivity contribution in [2.75, 3.05) is 30.4 Å². The lowest BCUT2D eigenvalue weighted by molar-refractivity contribution is -0.119. The van der Waals surface area contributed by atoms with Crippen LogP contribution < -0.4 is 10.2 Å². The molecule has 0 fully saturated rings. The van der Waals surface area contributed by atoms with Gasteiger partial charge >= 0.3 is 6.18 Å². The zero-order valence-corrected chi connectivity index (χ0v) is 9.04. The lowest BCUT2D eigenvalue weighted by atomic mass is 10.5. The molecule has 0 unspecified atom stereocenters. The predicted octanol–water partition coefficient (Wildman–Crippen LogP) is 1.91. The van der Waals surface area contributed by atoms with Gasteiger partial charge < -0.3 is 10.2 Å². The van der Waals surface area contributed by atoms with E-state index in [0.717, 1.165) is 4.90 Å². The molecule has 90 valence electrons. The van der Waals surface area contributed by atoms with Gasteiger partial charge in [-0.15, -0.1) is 0 Å². The molecule has 7 heteroatoms. The van der Waals surface area contributed by atoms with Crippen molar-refractivity contribution in [2.24, 2.45) is 0 Å². The third kappa shape index (κ3) is 3.92. The average Bonchev–Trinajstić information content (AvgIpc) is 2.16. The molecule has 1 aromatic heterocycles. The molecule has 1 N–H and O–H groups in total. The lowest BCUT2D eigenvalue weighted by Gasteiger charge is -2.19. The Balaban J connectivity index is 2.75. The van der Waals surface area contributed by atoms with E-state index in [9.17, 15) is 13.2 Å². The van der Waals surface area contributed by atoms with Crippen molar-refractivity contribution in [2.45, 2.75) is 13.1 Å². The van der Waals surface area contributed by atoms with Crippen molar-refractivity contribution in [3.63, 3.8) is 0 Å². The van der Waals surface area contributed by atoms with Crippen LogP contribution in [0.5, 0.6) is 0 Å². The van der Waals surface area contributed by atoms with Crippen LogP contribution in [0.25, 0.3) is 0 Å². The smallest absolute Gasteiger partial charge is 0.354 e. The van der Waals surface area contributed by atoms with Gasteiger partial charge in [0.15, 0.2) is 0 Å². The van der Waals surface area contributed by atoms with Crippen LogP contribution in [0.15, 0.2) is 12.3 Å². The number of aromatic nitrogens is 2. The number of nitrogens with one attached hydrogen (secondary N) is 1. The number of anilines is 2. The van der Waals surface area contributed by atoms with Crippen LogP contribution in [0, 0.1) is 0 Å². The summed E-state index contributed by atoms with van der Waals surface area (Å²) >= 11 is 0. The second-order valence-corrected chi connectivity index (χ2v) is 3.24. The number of rotatable bonds is 4. The van der Waals surface area contributed by atoms with Gasteiger partial charge in [-0.25, -0.2) is 4.98 Å². The summed E-state index contributed by atoms with van der Waals surface area (Å²) < 4.78 is 36.4. The number of hydrogen-bond donors (Lipinski definition) is 1. The van der Waals surface area contributed by atoms with Crippen LogP contribution in [0.4, 0.5) is 24.9 Å². The van der Waals surface area contributed by atoms with Gasteiger partial charge in [-0.05, 0) is 13.0 Å². The second kappa shape index (κ2) is 5.00. The molecule has 0 atom stereocenters. The fraction of sp³-hybridized carbons (Fsp3) is 0.556. The quantitative estimate of drug-likeness (QED) is 0.864. The monoisotopic (exact) mass is 234 g/mol. The molecule has 0 spiro atoms. The Hall–Kier alpha value is -1.53. The maximum absolute atomic E-state index is 12.1. The topological polar surface area (TPSA) is 41.1 Å². The third-order valence-corrected chi connectivity index (χ3v) is 1.78. The molecular weight excluding hydrogens is 221 g/mol. The minimum Gasteiger partial charge on any atom is -0.354 e. The number of nitrogens with zero attached hydrogens (tertiary/aromatic N) is 3. The summed E-state index contributed by atoms with van der Waals surface area (Å²) in [6.45, 7) is 1.44. The first-order chi connectivity index (χ1) is 7.42. The molecule has 0 aliphatic rings. The molecule has 1 heterocycles. The second-order valence-electron chi connectivity index (χ2n) is 3.24. The highest BCUT2D eigenvalue weighted by Gasteiger charge is 2.29. The molecule has 0 bridgehead atoms. The van der Waals surface area contributed by atoms with Gasteiger partial charge in [0.2, 0.25) is 5.95 Å².